The third kappa shape index (κ3) is 3.81. The molecule has 0 aliphatic carbocycles. The zero-order valence-corrected chi connectivity index (χ0v) is 15.9. The lowest BCUT2D eigenvalue weighted by molar-refractivity contribution is -0.384. The molecule has 1 amide bonds. The van der Waals surface area contributed by atoms with E-state index in [9.17, 15) is 14.9 Å². The third-order valence-corrected chi connectivity index (χ3v) is 4.68. The van der Waals surface area contributed by atoms with E-state index in [1.165, 1.54) is 24.3 Å². The van der Waals surface area contributed by atoms with Gasteiger partial charge in [0.2, 0.25) is 5.89 Å². The van der Waals surface area contributed by atoms with Crippen LogP contribution < -0.4 is 5.32 Å². The van der Waals surface area contributed by atoms with Crippen LogP contribution in [0.2, 0.25) is 5.02 Å². The number of nitrogens with zero attached hydrogens (tertiary/aromatic N) is 2. The first-order valence-corrected chi connectivity index (χ1v) is 9.01. The lowest BCUT2D eigenvalue weighted by Crippen LogP contribution is -2.12. The number of hydrogen-bond donors (Lipinski definition) is 1. The molecule has 4 rings (SSSR count). The second kappa shape index (κ2) is 7.37. The summed E-state index contributed by atoms with van der Waals surface area (Å²) in [7, 11) is 0. The highest BCUT2D eigenvalue weighted by molar-refractivity contribution is 6.34. The van der Waals surface area contributed by atoms with Crippen LogP contribution in [0.25, 0.3) is 22.6 Å². The molecule has 0 unspecified atom stereocenters. The lowest BCUT2D eigenvalue weighted by atomic mass is 10.1. The van der Waals surface area contributed by atoms with Crippen molar-refractivity contribution in [2.75, 3.05) is 5.32 Å². The molecule has 1 N–H and O–H groups in total. The van der Waals surface area contributed by atoms with Crippen molar-refractivity contribution in [3.63, 3.8) is 0 Å². The average molecular weight is 408 g/mol. The van der Waals surface area contributed by atoms with E-state index in [0.717, 1.165) is 11.1 Å². The summed E-state index contributed by atoms with van der Waals surface area (Å²) >= 11 is 6.23. The van der Waals surface area contributed by atoms with Crippen molar-refractivity contribution < 1.29 is 14.1 Å². The number of nitro groups is 1. The van der Waals surface area contributed by atoms with E-state index >= 15 is 0 Å². The Morgan fingerprint density at radius 3 is 2.59 bits per heavy atom. The molecule has 3 aromatic carbocycles. The van der Waals surface area contributed by atoms with Gasteiger partial charge >= 0.3 is 0 Å². The molecule has 1 heterocycles. The zero-order valence-electron chi connectivity index (χ0n) is 15.2. The number of aryl methyl sites for hydroxylation is 1. The van der Waals surface area contributed by atoms with E-state index in [4.69, 9.17) is 16.0 Å². The van der Waals surface area contributed by atoms with Crippen LogP contribution in [0.4, 0.5) is 11.4 Å². The first kappa shape index (κ1) is 18.6. The molecule has 8 heteroatoms. The number of nitrogens with one attached hydrogen (secondary N) is 1. The molecule has 1 aromatic heterocycles. The van der Waals surface area contributed by atoms with E-state index in [2.05, 4.69) is 10.3 Å². The molecule has 0 bridgehead atoms. The number of hydrogen-bond acceptors (Lipinski definition) is 5. The van der Waals surface area contributed by atoms with E-state index in [0.29, 0.717) is 27.7 Å². The van der Waals surface area contributed by atoms with Crippen molar-refractivity contribution in [3.8, 4) is 11.5 Å². The summed E-state index contributed by atoms with van der Waals surface area (Å²) in [6.07, 6.45) is 0. The molecule has 144 valence electrons. The summed E-state index contributed by atoms with van der Waals surface area (Å²) in [5.74, 6) is -0.0276. The fourth-order valence-electron chi connectivity index (χ4n) is 2.84. The molecule has 0 saturated carbocycles. The van der Waals surface area contributed by atoms with E-state index in [1.807, 2.05) is 25.1 Å². The van der Waals surface area contributed by atoms with Crippen molar-refractivity contribution in [2.24, 2.45) is 0 Å². The maximum atomic E-state index is 12.5. The molecule has 0 spiro atoms. The Balaban J connectivity index is 1.62. The number of oxazole rings is 1. The molecule has 4 aromatic rings. The van der Waals surface area contributed by atoms with Crippen molar-refractivity contribution in [2.45, 2.75) is 6.92 Å². The highest BCUT2D eigenvalue weighted by atomic mass is 35.5. The first-order chi connectivity index (χ1) is 13.9. The molecular weight excluding hydrogens is 394 g/mol. The predicted molar refractivity (Wildman–Crippen MR) is 110 cm³/mol. The van der Waals surface area contributed by atoms with Crippen LogP contribution in [0.1, 0.15) is 15.9 Å². The van der Waals surface area contributed by atoms with Crippen LogP contribution in [0.5, 0.6) is 0 Å². The highest BCUT2D eigenvalue weighted by Crippen LogP contribution is 2.31. The minimum Gasteiger partial charge on any atom is -0.436 e. The smallest absolute Gasteiger partial charge is 0.269 e. The number of carbonyl (C=O) groups excluding carboxylic acids is 1. The summed E-state index contributed by atoms with van der Waals surface area (Å²) in [5.41, 5.74) is 3.69. The van der Waals surface area contributed by atoms with Gasteiger partial charge in [-0.1, -0.05) is 17.7 Å². The van der Waals surface area contributed by atoms with Gasteiger partial charge < -0.3 is 9.73 Å². The molecule has 0 fully saturated rings. The van der Waals surface area contributed by atoms with Crippen LogP contribution in [-0.4, -0.2) is 15.8 Å². The van der Waals surface area contributed by atoms with Crippen LogP contribution >= 0.6 is 11.6 Å². The third-order valence-electron chi connectivity index (χ3n) is 4.35. The molecule has 0 aliphatic heterocycles. The molecule has 0 saturated heterocycles. The van der Waals surface area contributed by atoms with Gasteiger partial charge in [0.25, 0.3) is 11.6 Å². The van der Waals surface area contributed by atoms with Gasteiger partial charge in [0.15, 0.2) is 5.58 Å². The maximum absolute atomic E-state index is 12.5. The predicted octanol–water partition coefficient (Wildman–Crippen LogP) is 5.62. The zero-order chi connectivity index (χ0) is 20.5. The van der Waals surface area contributed by atoms with Gasteiger partial charge in [-0.3, -0.25) is 14.9 Å². The Hall–Kier alpha value is -3.71. The van der Waals surface area contributed by atoms with Crippen molar-refractivity contribution >= 4 is 40.0 Å². The Kier molecular flexibility index (Phi) is 4.74. The van der Waals surface area contributed by atoms with E-state index in [-0.39, 0.29) is 11.3 Å². The standard InChI is InChI=1S/C21H14ClN3O4/c1-12-2-9-17-19(10-12)29-21(24-17)14-5-8-16(22)18(11-14)23-20(26)13-3-6-15(7-4-13)25(27)28/h2-11H,1H3,(H,23,26). The number of halogens is 1. The summed E-state index contributed by atoms with van der Waals surface area (Å²) in [6, 6.07) is 16.1. The minimum absolute atomic E-state index is 0.0900. The number of carbonyl (C=O) groups is 1. The van der Waals surface area contributed by atoms with Crippen LogP contribution in [0, 0.1) is 17.0 Å². The molecule has 0 radical (unpaired) electrons. The molecule has 7 nitrogen and oxygen atoms in total. The Labute approximate surface area is 170 Å². The number of anilines is 1. The average Bonchev–Trinajstić information content (AvgIpc) is 3.12. The van der Waals surface area contributed by atoms with Gasteiger partial charge in [-0.2, -0.15) is 0 Å². The van der Waals surface area contributed by atoms with Gasteiger partial charge in [0, 0.05) is 23.3 Å². The maximum Gasteiger partial charge on any atom is 0.269 e. The second-order valence-electron chi connectivity index (χ2n) is 6.44. The largest absolute Gasteiger partial charge is 0.436 e. The van der Waals surface area contributed by atoms with Crippen LogP contribution in [-0.2, 0) is 0 Å². The van der Waals surface area contributed by atoms with E-state index in [1.54, 1.807) is 18.2 Å². The summed E-state index contributed by atoms with van der Waals surface area (Å²) in [4.78, 5) is 27.2. The quantitative estimate of drug-likeness (QED) is 0.350. The number of benzene rings is 3. The Bertz CT molecular complexity index is 1250. The monoisotopic (exact) mass is 407 g/mol. The van der Waals surface area contributed by atoms with Gasteiger partial charge in [0.05, 0.1) is 15.6 Å². The molecular formula is C21H14ClN3O4. The summed E-state index contributed by atoms with van der Waals surface area (Å²) in [5, 5.41) is 13.8. The van der Waals surface area contributed by atoms with Crippen LogP contribution in [0.3, 0.4) is 0 Å². The SMILES string of the molecule is Cc1ccc2nc(-c3ccc(Cl)c(NC(=O)c4ccc([N+](=O)[O-])cc4)c3)oc2c1. The van der Waals surface area contributed by atoms with Crippen molar-refractivity contribution in [3.05, 3.63) is 86.9 Å². The Morgan fingerprint density at radius 2 is 1.86 bits per heavy atom. The van der Waals surface area contributed by atoms with Gasteiger partial charge in [-0.05, 0) is 55.0 Å². The molecule has 0 atom stereocenters. The summed E-state index contributed by atoms with van der Waals surface area (Å²) in [6.45, 7) is 1.97. The number of rotatable bonds is 4. The van der Waals surface area contributed by atoms with Gasteiger partial charge in [-0.15, -0.1) is 0 Å². The number of aromatic nitrogens is 1. The molecule has 29 heavy (non-hydrogen) atoms. The first-order valence-electron chi connectivity index (χ1n) is 8.63. The van der Waals surface area contributed by atoms with Crippen molar-refractivity contribution in [1.82, 2.24) is 4.98 Å². The fourth-order valence-corrected chi connectivity index (χ4v) is 3.00. The number of fused-ring (bicyclic) bond motifs is 1. The second-order valence-corrected chi connectivity index (χ2v) is 6.85. The molecule has 0 aliphatic rings. The fraction of sp³-hybridized carbons (Fsp3) is 0.0476. The number of nitro benzene ring substituents is 1. The topological polar surface area (TPSA) is 98.3 Å². The highest BCUT2D eigenvalue weighted by Gasteiger charge is 2.14. The summed E-state index contributed by atoms with van der Waals surface area (Å²) < 4.78 is 5.82. The number of non-ortho nitro benzene ring substituents is 1. The number of amides is 1. The van der Waals surface area contributed by atoms with E-state index < -0.39 is 10.8 Å². The lowest BCUT2D eigenvalue weighted by Gasteiger charge is -2.08. The van der Waals surface area contributed by atoms with Crippen LogP contribution in [0.15, 0.2) is 65.1 Å². The van der Waals surface area contributed by atoms with Crippen molar-refractivity contribution in [1.29, 1.82) is 0 Å². The van der Waals surface area contributed by atoms with Gasteiger partial charge in [-0.25, -0.2) is 4.98 Å². The normalized spacial score (nSPS) is 10.8. The van der Waals surface area contributed by atoms with Gasteiger partial charge in [0.1, 0.15) is 5.52 Å². The Morgan fingerprint density at radius 1 is 1.10 bits per heavy atom. The minimum atomic E-state index is -0.524.